The minimum atomic E-state index is -1.24. The van der Waals surface area contributed by atoms with Crippen molar-refractivity contribution in [1.82, 2.24) is 20.2 Å². The zero-order chi connectivity index (χ0) is 25.7. The first-order valence-electron chi connectivity index (χ1n) is 10.8. The molecule has 0 saturated heterocycles. The van der Waals surface area contributed by atoms with Gasteiger partial charge in [-0.25, -0.2) is 13.5 Å². The number of aromatic nitrogens is 4. The number of tetrazole rings is 1. The fourth-order valence-electron chi connectivity index (χ4n) is 3.83. The predicted molar refractivity (Wildman–Crippen MR) is 125 cm³/mol. The summed E-state index contributed by atoms with van der Waals surface area (Å²) in [5.74, 6) is -1.69. The second-order valence-corrected chi connectivity index (χ2v) is 8.25. The molecule has 0 aliphatic heterocycles. The number of aryl methyl sites for hydroxylation is 3. The Hall–Kier alpha value is -3.76. The number of aliphatic hydroxyl groups excluding tert-OH is 2. The van der Waals surface area contributed by atoms with E-state index >= 15 is 0 Å². The SMILES string of the molecule is Cc1cc(F)ccc1C(=C(/C=C/C(O)CC(O)CC(=O)O)c1nnnn1C)c1ccc(F)cc1C. The van der Waals surface area contributed by atoms with Crippen LogP contribution in [-0.4, -0.2) is 53.7 Å². The van der Waals surface area contributed by atoms with Crippen LogP contribution in [0.1, 0.15) is 40.9 Å². The highest BCUT2D eigenvalue weighted by Crippen LogP contribution is 2.36. The molecule has 0 bridgehead atoms. The number of benzene rings is 2. The Morgan fingerprint density at radius 3 is 2.09 bits per heavy atom. The van der Waals surface area contributed by atoms with Crippen molar-refractivity contribution in [3.8, 4) is 0 Å². The van der Waals surface area contributed by atoms with Crippen LogP contribution in [0.2, 0.25) is 0 Å². The topological polar surface area (TPSA) is 121 Å². The number of aliphatic carboxylic acids is 1. The smallest absolute Gasteiger partial charge is 0.305 e. The molecule has 3 aromatic rings. The molecule has 0 saturated carbocycles. The van der Waals surface area contributed by atoms with Crippen LogP contribution in [-0.2, 0) is 11.8 Å². The lowest BCUT2D eigenvalue weighted by molar-refractivity contribution is -0.139. The molecular formula is C25H26F2N4O4. The maximum absolute atomic E-state index is 13.9. The van der Waals surface area contributed by atoms with Crippen molar-refractivity contribution in [3.63, 3.8) is 0 Å². The van der Waals surface area contributed by atoms with Crippen molar-refractivity contribution in [2.45, 2.75) is 38.9 Å². The van der Waals surface area contributed by atoms with Gasteiger partial charge in [0.25, 0.3) is 0 Å². The lowest BCUT2D eigenvalue weighted by Crippen LogP contribution is -2.19. The number of hydrogen-bond acceptors (Lipinski definition) is 6. The molecule has 3 rings (SSSR count). The molecule has 0 spiro atoms. The number of aliphatic hydroxyl groups is 2. The Balaban J connectivity index is 2.24. The summed E-state index contributed by atoms with van der Waals surface area (Å²) in [6.45, 7) is 3.48. The molecule has 10 heteroatoms. The molecule has 8 nitrogen and oxygen atoms in total. The quantitative estimate of drug-likeness (QED) is 0.399. The third-order valence-electron chi connectivity index (χ3n) is 5.45. The van der Waals surface area contributed by atoms with E-state index in [2.05, 4.69) is 15.5 Å². The minimum Gasteiger partial charge on any atom is -0.481 e. The van der Waals surface area contributed by atoms with Crippen LogP contribution in [0.5, 0.6) is 0 Å². The molecule has 0 radical (unpaired) electrons. The van der Waals surface area contributed by atoms with Gasteiger partial charge in [0.15, 0.2) is 5.82 Å². The van der Waals surface area contributed by atoms with Crippen LogP contribution in [0.25, 0.3) is 11.1 Å². The standard InChI is InChI=1S/C25H26F2N4O4/c1-14-10-16(26)4-7-20(14)24(21-8-5-17(27)11-15(21)2)22(25-28-29-30-31(25)3)9-6-18(32)12-19(33)13-23(34)35/h4-11,18-19,32-33H,12-13H2,1-3H3,(H,34,35)/b9-6+. The Kier molecular flexibility index (Phi) is 8.21. The molecule has 2 atom stereocenters. The molecule has 2 unspecified atom stereocenters. The Morgan fingerprint density at radius 1 is 1.06 bits per heavy atom. The largest absolute Gasteiger partial charge is 0.481 e. The fraction of sp³-hybridized carbons (Fsp3) is 0.280. The van der Waals surface area contributed by atoms with Crippen LogP contribution in [0.3, 0.4) is 0 Å². The Labute approximate surface area is 200 Å². The van der Waals surface area contributed by atoms with Gasteiger partial charge in [0.05, 0.1) is 18.6 Å². The molecule has 1 aromatic heterocycles. The molecule has 0 amide bonds. The first-order valence-corrected chi connectivity index (χ1v) is 10.8. The van der Waals surface area contributed by atoms with Crippen LogP contribution < -0.4 is 0 Å². The molecule has 0 aliphatic rings. The summed E-state index contributed by atoms with van der Waals surface area (Å²) < 4.78 is 29.3. The van der Waals surface area contributed by atoms with Crippen LogP contribution >= 0.6 is 0 Å². The van der Waals surface area contributed by atoms with E-state index in [0.29, 0.717) is 39.2 Å². The second kappa shape index (κ2) is 11.1. The van der Waals surface area contributed by atoms with E-state index in [9.17, 15) is 23.8 Å². The second-order valence-electron chi connectivity index (χ2n) is 8.25. The highest BCUT2D eigenvalue weighted by molar-refractivity contribution is 6.02. The summed E-state index contributed by atoms with van der Waals surface area (Å²) in [6.07, 6.45) is -0.166. The van der Waals surface area contributed by atoms with E-state index in [1.54, 1.807) is 39.1 Å². The Morgan fingerprint density at radius 2 is 1.63 bits per heavy atom. The molecule has 184 valence electrons. The van der Waals surface area contributed by atoms with Crippen molar-refractivity contribution >= 4 is 17.1 Å². The van der Waals surface area contributed by atoms with E-state index < -0.39 is 36.2 Å². The van der Waals surface area contributed by atoms with Gasteiger partial charge in [-0.3, -0.25) is 4.79 Å². The average molecular weight is 485 g/mol. The van der Waals surface area contributed by atoms with Crippen molar-refractivity contribution in [2.75, 3.05) is 0 Å². The van der Waals surface area contributed by atoms with Gasteiger partial charge in [-0.15, -0.1) is 5.10 Å². The first-order chi connectivity index (χ1) is 16.6. The summed E-state index contributed by atoms with van der Waals surface area (Å²) in [6, 6.07) is 8.59. The summed E-state index contributed by atoms with van der Waals surface area (Å²) >= 11 is 0. The zero-order valence-corrected chi connectivity index (χ0v) is 19.5. The highest BCUT2D eigenvalue weighted by atomic mass is 19.1. The van der Waals surface area contributed by atoms with Gasteiger partial charge in [-0.1, -0.05) is 24.3 Å². The van der Waals surface area contributed by atoms with Gasteiger partial charge < -0.3 is 15.3 Å². The predicted octanol–water partition coefficient (Wildman–Crippen LogP) is 3.21. The summed E-state index contributed by atoms with van der Waals surface area (Å²) in [5, 5.41) is 40.8. The maximum Gasteiger partial charge on any atom is 0.305 e. The number of nitrogens with zero attached hydrogens (tertiary/aromatic N) is 4. The molecule has 0 aliphatic carbocycles. The summed E-state index contributed by atoms with van der Waals surface area (Å²) in [7, 11) is 1.63. The third kappa shape index (κ3) is 6.43. The first kappa shape index (κ1) is 25.9. The van der Waals surface area contributed by atoms with Gasteiger partial charge in [0.1, 0.15) is 11.6 Å². The molecule has 2 aromatic carbocycles. The van der Waals surface area contributed by atoms with Gasteiger partial charge in [0.2, 0.25) is 0 Å². The van der Waals surface area contributed by atoms with Gasteiger partial charge in [-0.05, 0) is 70.8 Å². The number of halogens is 2. The monoisotopic (exact) mass is 484 g/mol. The lowest BCUT2D eigenvalue weighted by atomic mass is 9.87. The van der Waals surface area contributed by atoms with Crippen LogP contribution in [0.4, 0.5) is 8.78 Å². The molecular weight excluding hydrogens is 458 g/mol. The Bertz CT molecular complexity index is 1230. The zero-order valence-electron chi connectivity index (χ0n) is 19.5. The molecule has 35 heavy (non-hydrogen) atoms. The van der Waals surface area contributed by atoms with E-state index in [1.165, 1.54) is 35.0 Å². The molecule has 0 fully saturated rings. The number of rotatable bonds is 9. The highest BCUT2D eigenvalue weighted by Gasteiger charge is 2.21. The number of carbonyl (C=O) groups is 1. The fourth-order valence-corrected chi connectivity index (χ4v) is 3.83. The van der Waals surface area contributed by atoms with Gasteiger partial charge >= 0.3 is 5.97 Å². The van der Waals surface area contributed by atoms with Gasteiger partial charge in [-0.2, -0.15) is 0 Å². The molecule has 3 N–H and O–H groups in total. The summed E-state index contributed by atoms with van der Waals surface area (Å²) in [4.78, 5) is 10.8. The van der Waals surface area contributed by atoms with Crippen molar-refractivity contribution in [2.24, 2.45) is 7.05 Å². The van der Waals surface area contributed by atoms with Crippen molar-refractivity contribution in [3.05, 3.63) is 88.3 Å². The van der Waals surface area contributed by atoms with Crippen LogP contribution in [0.15, 0.2) is 48.6 Å². The summed E-state index contributed by atoms with van der Waals surface area (Å²) in [5.41, 5.74) is 3.54. The third-order valence-corrected chi connectivity index (χ3v) is 5.45. The normalized spacial score (nSPS) is 13.1. The number of carboxylic acids is 1. The van der Waals surface area contributed by atoms with Gasteiger partial charge in [0, 0.05) is 24.6 Å². The number of hydrogen-bond donors (Lipinski definition) is 3. The lowest BCUT2D eigenvalue weighted by Gasteiger charge is -2.18. The average Bonchev–Trinajstić information content (AvgIpc) is 3.17. The van der Waals surface area contributed by atoms with E-state index in [0.717, 1.165) is 0 Å². The minimum absolute atomic E-state index is 0.201. The molecule has 1 heterocycles. The van der Waals surface area contributed by atoms with Crippen molar-refractivity contribution < 1.29 is 28.9 Å². The number of carboxylic acid groups (broad SMARTS) is 1. The maximum atomic E-state index is 13.9. The van der Waals surface area contributed by atoms with Crippen molar-refractivity contribution in [1.29, 1.82) is 0 Å². The van der Waals surface area contributed by atoms with E-state index in [-0.39, 0.29) is 6.42 Å². The van der Waals surface area contributed by atoms with E-state index in [1.807, 2.05) is 0 Å². The van der Waals surface area contributed by atoms with E-state index in [4.69, 9.17) is 5.11 Å². The number of allylic oxidation sites excluding steroid dienone is 2. The van der Waals surface area contributed by atoms with Crippen LogP contribution in [0, 0.1) is 25.5 Å².